The number of methoxy groups -OCH3 is 1. The van der Waals surface area contributed by atoms with E-state index < -0.39 is 0 Å². The molecule has 6 heteroatoms. The lowest BCUT2D eigenvalue weighted by Crippen LogP contribution is -2.11. The monoisotopic (exact) mass is 351 g/mol. The number of benzene rings is 2. The van der Waals surface area contributed by atoms with Gasteiger partial charge in [-0.05, 0) is 49.7 Å². The highest BCUT2D eigenvalue weighted by atomic mass is 16.5. The molecule has 0 saturated heterocycles. The first-order valence-corrected chi connectivity index (χ1v) is 8.47. The highest BCUT2D eigenvalue weighted by Gasteiger charge is 2.10. The number of hydrogen-bond acceptors (Lipinski definition) is 5. The minimum absolute atomic E-state index is 0.0243. The summed E-state index contributed by atoms with van der Waals surface area (Å²) in [5, 5.41) is 6.87. The summed E-state index contributed by atoms with van der Waals surface area (Å²) in [6.07, 6.45) is 1.60. The Morgan fingerprint density at radius 2 is 1.85 bits per heavy atom. The molecule has 0 aliphatic heterocycles. The second-order valence-corrected chi connectivity index (χ2v) is 6.01. The molecular formula is C20H21N3O3. The molecule has 0 unspecified atom stereocenters. The van der Waals surface area contributed by atoms with Gasteiger partial charge in [-0.15, -0.1) is 0 Å². The summed E-state index contributed by atoms with van der Waals surface area (Å²) in [5.74, 6) is 1.81. The quantitative estimate of drug-likeness (QED) is 0.696. The van der Waals surface area contributed by atoms with Crippen LogP contribution in [0.2, 0.25) is 0 Å². The third-order valence-electron chi connectivity index (χ3n) is 3.95. The van der Waals surface area contributed by atoms with Crippen LogP contribution < -0.4 is 10.1 Å². The number of aromatic nitrogens is 2. The van der Waals surface area contributed by atoms with E-state index >= 15 is 0 Å². The molecule has 1 aromatic heterocycles. The lowest BCUT2D eigenvalue weighted by molar-refractivity contribution is -0.116. The maximum Gasteiger partial charge on any atom is 0.226 e. The Morgan fingerprint density at radius 1 is 1.12 bits per heavy atom. The van der Waals surface area contributed by atoms with Crippen LogP contribution in [0.25, 0.3) is 11.4 Å². The molecule has 2 aromatic carbocycles. The first-order chi connectivity index (χ1) is 12.6. The standard InChI is InChI=1S/C20H21N3O3/c1-14-6-10-16(11-7-14)21-18(24)4-3-5-19-22-20(23-26-19)15-8-12-17(25-2)13-9-15/h6-13H,3-5H2,1-2H3,(H,21,24). The van der Waals surface area contributed by atoms with Crippen molar-refractivity contribution in [3.8, 4) is 17.1 Å². The lowest BCUT2D eigenvalue weighted by Gasteiger charge is -2.04. The van der Waals surface area contributed by atoms with Gasteiger partial charge in [0, 0.05) is 24.1 Å². The predicted molar refractivity (Wildman–Crippen MR) is 99.0 cm³/mol. The van der Waals surface area contributed by atoms with Crippen molar-refractivity contribution in [2.75, 3.05) is 12.4 Å². The van der Waals surface area contributed by atoms with Gasteiger partial charge in [0.25, 0.3) is 0 Å². The smallest absolute Gasteiger partial charge is 0.226 e. The van der Waals surface area contributed by atoms with Gasteiger partial charge in [0.2, 0.25) is 17.6 Å². The fourth-order valence-electron chi connectivity index (χ4n) is 2.47. The zero-order valence-electron chi connectivity index (χ0n) is 14.9. The summed E-state index contributed by atoms with van der Waals surface area (Å²) in [4.78, 5) is 16.4. The molecule has 134 valence electrons. The topological polar surface area (TPSA) is 77.2 Å². The second-order valence-electron chi connectivity index (χ2n) is 6.01. The third-order valence-corrected chi connectivity index (χ3v) is 3.95. The molecule has 0 fully saturated rings. The van der Waals surface area contributed by atoms with E-state index in [1.165, 1.54) is 0 Å². The molecule has 1 heterocycles. The molecule has 1 N–H and O–H groups in total. The summed E-state index contributed by atoms with van der Waals surface area (Å²) < 4.78 is 10.4. The highest BCUT2D eigenvalue weighted by Crippen LogP contribution is 2.20. The van der Waals surface area contributed by atoms with E-state index in [2.05, 4.69) is 15.5 Å². The van der Waals surface area contributed by atoms with Gasteiger partial charge in [-0.25, -0.2) is 0 Å². The molecular weight excluding hydrogens is 330 g/mol. The number of amides is 1. The average molecular weight is 351 g/mol. The molecule has 0 radical (unpaired) electrons. The maximum absolute atomic E-state index is 12.0. The Balaban J connectivity index is 1.48. The van der Waals surface area contributed by atoms with Crippen LogP contribution in [0.15, 0.2) is 53.1 Å². The van der Waals surface area contributed by atoms with Crippen molar-refractivity contribution in [3.63, 3.8) is 0 Å². The van der Waals surface area contributed by atoms with Crippen molar-refractivity contribution in [1.29, 1.82) is 0 Å². The summed E-state index contributed by atoms with van der Waals surface area (Å²) in [5.41, 5.74) is 2.82. The molecule has 0 saturated carbocycles. The number of nitrogens with zero attached hydrogens (tertiary/aromatic N) is 2. The van der Waals surface area contributed by atoms with Crippen LogP contribution in [0.3, 0.4) is 0 Å². The SMILES string of the molecule is COc1ccc(-c2noc(CCCC(=O)Nc3ccc(C)cc3)n2)cc1. The Kier molecular flexibility index (Phi) is 5.63. The van der Waals surface area contributed by atoms with Crippen LogP contribution in [0.1, 0.15) is 24.3 Å². The average Bonchev–Trinajstić information content (AvgIpc) is 3.12. The van der Waals surface area contributed by atoms with Gasteiger partial charge in [0.1, 0.15) is 5.75 Å². The van der Waals surface area contributed by atoms with Gasteiger partial charge in [-0.3, -0.25) is 4.79 Å². The van der Waals surface area contributed by atoms with Crippen molar-refractivity contribution in [2.24, 2.45) is 0 Å². The Morgan fingerprint density at radius 3 is 2.54 bits per heavy atom. The van der Waals surface area contributed by atoms with Crippen molar-refractivity contribution in [3.05, 3.63) is 60.0 Å². The summed E-state index contributed by atoms with van der Waals surface area (Å²) in [6, 6.07) is 15.2. The van der Waals surface area contributed by atoms with Crippen molar-refractivity contribution in [2.45, 2.75) is 26.2 Å². The largest absolute Gasteiger partial charge is 0.497 e. The molecule has 0 aliphatic rings. The van der Waals surface area contributed by atoms with Gasteiger partial charge < -0.3 is 14.6 Å². The summed E-state index contributed by atoms with van der Waals surface area (Å²) in [6.45, 7) is 2.01. The van der Waals surface area contributed by atoms with Crippen molar-refractivity contribution in [1.82, 2.24) is 10.1 Å². The maximum atomic E-state index is 12.0. The van der Waals surface area contributed by atoms with Gasteiger partial charge in [-0.1, -0.05) is 22.9 Å². The zero-order chi connectivity index (χ0) is 18.4. The molecule has 0 spiro atoms. The van der Waals surface area contributed by atoms with Gasteiger partial charge in [0.05, 0.1) is 7.11 Å². The number of rotatable bonds is 7. The van der Waals surface area contributed by atoms with E-state index in [0.717, 1.165) is 22.6 Å². The van der Waals surface area contributed by atoms with Crippen LogP contribution in [-0.2, 0) is 11.2 Å². The van der Waals surface area contributed by atoms with E-state index in [1.54, 1.807) is 7.11 Å². The highest BCUT2D eigenvalue weighted by molar-refractivity contribution is 5.90. The van der Waals surface area contributed by atoms with E-state index in [9.17, 15) is 4.79 Å². The summed E-state index contributed by atoms with van der Waals surface area (Å²) >= 11 is 0. The predicted octanol–water partition coefficient (Wildman–Crippen LogP) is 4.02. The molecule has 0 atom stereocenters. The number of hydrogen-bond donors (Lipinski definition) is 1. The number of aryl methyl sites for hydroxylation is 2. The van der Waals surface area contributed by atoms with Gasteiger partial charge in [0.15, 0.2) is 0 Å². The molecule has 3 rings (SSSR count). The van der Waals surface area contributed by atoms with E-state index in [-0.39, 0.29) is 5.91 Å². The summed E-state index contributed by atoms with van der Waals surface area (Å²) in [7, 11) is 1.62. The second kappa shape index (κ2) is 8.29. The van der Waals surface area contributed by atoms with Crippen LogP contribution in [0, 0.1) is 6.92 Å². The fourth-order valence-corrected chi connectivity index (χ4v) is 2.47. The van der Waals surface area contributed by atoms with E-state index in [0.29, 0.717) is 31.0 Å². The molecule has 3 aromatic rings. The number of carbonyl (C=O) groups is 1. The number of ether oxygens (including phenoxy) is 1. The number of anilines is 1. The van der Waals surface area contributed by atoms with Crippen LogP contribution in [-0.4, -0.2) is 23.2 Å². The molecule has 0 aliphatic carbocycles. The van der Waals surface area contributed by atoms with E-state index in [4.69, 9.17) is 9.26 Å². The van der Waals surface area contributed by atoms with E-state index in [1.807, 2.05) is 55.5 Å². The first-order valence-electron chi connectivity index (χ1n) is 8.47. The molecule has 1 amide bonds. The van der Waals surface area contributed by atoms with Crippen LogP contribution in [0.4, 0.5) is 5.69 Å². The lowest BCUT2D eigenvalue weighted by atomic mass is 10.2. The fraction of sp³-hybridized carbons (Fsp3) is 0.250. The Bertz CT molecular complexity index is 855. The first kappa shape index (κ1) is 17.7. The van der Waals surface area contributed by atoms with Crippen molar-refractivity contribution >= 4 is 11.6 Å². The Labute approximate surface area is 152 Å². The molecule has 26 heavy (non-hydrogen) atoms. The zero-order valence-corrected chi connectivity index (χ0v) is 14.9. The Hall–Kier alpha value is -3.15. The van der Waals surface area contributed by atoms with Crippen molar-refractivity contribution < 1.29 is 14.1 Å². The van der Waals surface area contributed by atoms with Gasteiger partial charge in [-0.2, -0.15) is 4.98 Å². The van der Waals surface area contributed by atoms with Crippen LogP contribution in [0.5, 0.6) is 5.75 Å². The third kappa shape index (κ3) is 4.69. The minimum Gasteiger partial charge on any atom is -0.497 e. The molecule has 6 nitrogen and oxygen atoms in total. The number of nitrogens with one attached hydrogen (secondary N) is 1. The number of carbonyl (C=O) groups excluding carboxylic acids is 1. The normalized spacial score (nSPS) is 10.5. The van der Waals surface area contributed by atoms with Gasteiger partial charge >= 0.3 is 0 Å². The minimum atomic E-state index is -0.0243. The van der Waals surface area contributed by atoms with Crippen LogP contribution >= 0.6 is 0 Å². The molecule has 0 bridgehead atoms.